The molecule has 4 nitrogen and oxygen atoms in total. The van der Waals surface area contributed by atoms with Gasteiger partial charge in [0, 0.05) is 30.4 Å². The number of benzene rings is 1. The SMILES string of the molecule is Clc1ccc(-n2nc(C3CCOCC3)c3/c2=C\CC/C=C\N=3)cc1. The quantitative estimate of drug-likeness (QED) is 0.842. The van der Waals surface area contributed by atoms with Gasteiger partial charge in [0.15, 0.2) is 0 Å². The van der Waals surface area contributed by atoms with Crippen LogP contribution in [0.25, 0.3) is 11.8 Å². The fourth-order valence-electron chi connectivity index (χ4n) is 3.30. The standard InChI is InChI=1S/C19H20ClN3O/c20-15-5-7-16(8-6-15)23-17-4-2-1-3-11-21-19(17)18(22-23)14-9-12-24-13-10-14/h3-8,11,14H,1-2,9-10,12-13H2/b11-3-,17-4+,21-19+. The van der Waals surface area contributed by atoms with E-state index in [0.29, 0.717) is 5.92 Å². The van der Waals surface area contributed by atoms with E-state index < -0.39 is 0 Å². The molecule has 4 rings (SSSR count). The van der Waals surface area contributed by atoms with Crippen LogP contribution in [-0.4, -0.2) is 23.0 Å². The molecule has 1 saturated heterocycles. The number of halogens is 1. The van der Waals surface area contributed by atoms with Gasteiger partial charge in [0.1, 0.15) is 5.36 Å². The first-order valence-electron chi connectivity index (χ1n) is 8.48. The Kier molecular flexibility index (Phi) is 4.50. The van der Waals surface area contributed by atoms with Crippen LogP contribution < -0.4 is 10.7 Å². The van der Waals surface area contributed by atoms with Crippen molar-refractivity contribution in [2.75, 3.05) is 13.2 Å². The molecule has 0 bridgehead atoms. The van der Waals surface area contributed by atoms with E-state index in [-0.39, 0.29) is 0 Å². The highest BCUT2D eigenvalue weighted by atomic mass is 35.5. The van der Waals surface area contributed by atoms with Crippen LogP contribution in [0.5, 0.6) is 0 Å². The highest BCUT2D eigenvalue weighted by molar-refractivity contribution is 6.30. The minimum atomic E-state index is 0.408. The number of ether oxygens (including phenoxy) is 1. The maximum Gasteiger partial charge on any atom is 0.112 e. The second-order valence-corrected chi connectivity index (χ2v) is 6.63. The fourth-order valence-corrected chi connectivity index (χ4v) is 3.43. The Bertz CT molecular complexity index is 861. The van der Waals surface area contributed by atoms with Crippen molar-refractivity contribution in [1.29, 1.82) is 0 Å². The van der Waals surface area contributed by atoms with Crippen LogP contribution in [0.4, 0.5) is 0 Å². The fraction of sp³-hybridized carbons (Fsp3) is 0.368. The lowest BCUT2D eigenvalue weighted by molar-refractivity contribution is 0.0842. The van der Waals surface area contributed by atoms with Crippen molar-refractivity contribution < 1.29 is 4.74 Å². The topological polar surface area (TPSA) is 39.4 Å². The van der Waals surface area contributed by atoms with Gasteiger partial charge in [-0.15, -0.1) is 0 Å². The van der Waals surface area contributed by atoms with Crippen molar-refractivity contribution in [2.45, 2.75) is 31.6 Å². The van der Waals surface area contributed by atoms with Crippen LogP contribution in [0, 0.1) is 0 Å². The van der Waals surface area contributed by atoms with Gasteiger partial charge in [0.2, 0.25) is 0 Å². The normalized spacial score (nSPS) is 22.4. The van der Waals surface area contributed by atoms with Gasteiger partial charge in [0.25, 0.3) is 0 Å². The predicted octanol–water partition coefficient (Wildman–Crippen LogP) is 3.13. The average Bonchev–Trinajstić information content (AvgIpc) is 2.93. The van der Waals surface area contributed by atoms with E-state index in [0.717, 1.165) is 66.0 Å². The number of nitrogens with zero attached hydrogens (tertiary/aromatic N) is 3. The molecule has 124 valence electrons. The lowest BCUT2D eigenvalue weighted by Gasteiger charge is -2.20. The first kappa shape index (κ1) is 15.6. The van der Waals surface area contributed by atoms with Gasteiger partial charge in [-0.3, -0.25) is 4.99 Å². The minimum Gasteiger partial charge on any atom is -0.381 e. The van der Waals surface area contributed by atoms with Gasteiger partial charge in [0.05, 0.1) is 16.7 Å². The number of allylic oxidation sites excluding steroid dienone is 1. The molecule has 0 N–H and O–H groups in total. The van der Waals surface area contributed by atoms with Gasteiger partial charge in [-0.1, -0.05) is 23.8 Å². The van der Waals surface area contributed by atoms with E-state index in [1.165, 1.54) is 0 Å². The number of fused-ring (bicyclic) bond motifs is 1. The number of hydrogen-bond acceptors (Lipinski definition) is 3. The van der Waals surface area contributed by atoms with Crippen LogP contribution in [0.1, 0.15) is 37.3 Å². The molecule has 0 radical (unpaired) electrons. The van der Waals surface area contributed by atoms with Crippen LogP contribution >= 0.6 is 11.6 Å². The molecule has 0 aliphatic carbocycles. The molecule has 0 spiro atoms. The Hall–Kier alpha value is -1.91. The van der Waals surface area contributed by atoms with Crippen molar-refractivity contribution in [3.8, 4) is 5.69 Å². The monoisotopic (exact) mass is 341 g/mol. The molecule has 0 atom stereocenters. The molecule has 2 aliphatic rings. The van der Waals surface area contributed by atoms with Crippen molar-refractivity contribution in [3.05, 3.63) is 58.0 Å². The summed E-state index contributed by atoms with van der Waals surface area (Å²) in [7, 11) is 0. The average molecular weight is 342 g/mol. The van der Waals surface area contributed by atoms with E-state index in [2.05, 4.69) is 12.2 Å². The van der Waals surface area contributed by atoms with Crippen LogP contribution in [0.15, 0.2) is 41.5 Å². The number of aromatic nitrogens is 2. The number of rotatable bonds is 2. The first-order chi connectivity index (χ1) is 11.8. The summed E-state index contributed by atoms with van der Waals surface area (Å²) in [6.07, 6.45) is 10.3. The summed E-state index contributed by atoms with van der Waals surface area (Å²) in [6, 6.07) is 7.82. The Morgan fingerprint density at radius 1 is 1.08 bits per heavy atom. The Balaban J connectivity index is 1.91. The zero-order valence-corrected chi connectivity index (χ0v) is 14.2. The zero-order valence-electron chi connectivity index (χ0n) is 13.5. The molecule has 5 heteroatoms. The largest absolute Gasteiger partial charge is 0.381 e. The van der Waals surface area contributed by atoms with Gasteiger partial charge in [-0.2, -0.15) is 5.10 Å². The van der Waals surface area contributed by atoms with E-state index >= 15 is 0 Å². The highest BCUT2D eigenvalue weighted by Gasteiger charge is 2.22. The summed E-state index contributed by atoms with van der Waals surface area (Å²) in [4.78, 5) is 4.72. The molecule has 1 aromatic carbocycles. The van der Waals surface area contributed by atoms with Gasteiger partial charge < -0.3 is 4.74 Å². The van der Waals surface area contributed by atoms with Crippen molar-refractivity contribution in [1.82, 2.24) is 9.78 Å². The smallest absolute Gasteiger partial charge is 0.112 e. The Labute approximate surface area is 146 Å². The summed E-state index contributed by atoms with van der Waals surface area (Å²) >= 11 is 6.04. The van der Waals surface area contributed by atoms with Crippen molar-refractivity contribution in [2.24, 2.45) is 4.99 Å². The van der Waals surface area contributed by atoms with Gasteiger partial charge in [-0.25, -0.2) is 4.68 Å². The third-order valence-corrected chi connectivity index (χ3v) is 4.83. The summed E-state index contributed by atoms with van der Waals surface area (Å²) in [6.45, 7) is 1.60. The minimum absolute atomic E-state index is 0.408. The van der Waals surface area contributed by atoms with Crippen LogP contribution in [0.3, 0.4) is 0 Å². The Morgan fingerprint density at radius 2 is 1.88 bits per heavy atom. The molecule has 1 aromatic heterocycles. The summed E-state index contributed by atoms with van der Waals surface area (Å²) < 4.78 is 7.53. The number of hydrogen-bond donors (Lipinski definition) is 0. The highest BCUT2D eigenvalue weighted by Crippen LogP contribution is 2.23. The molecule has 3 heterocycles. The third-order valence-electron chi connectivity index (χ3n) is 4.58. The van der Waals surface area contributed by atoms with E-state index in [1.54, 1.807) is 0 Å². The van der Waals surface area contributed by atoms with Gasteiger partial charge >= 0.3 is 0 Å². The summed E-state index contributed by atoms with van der Waals surface area (Å²) in [5.41, 5.74) is 2.11. The first-order valence-corrected chi connectivity index (χ1v) is 8.86. The third kappa shape index (κ3) is 3.04. The molecule has 1 fully saturated rings. The van der Waals surface area contributed by atoms with Crippen LogP contribution in [0.2, 0.25) is 5.02 Å². The van der Waals surface area contributed by atoms with E-state index in [1.807, 2.05) is 35.1 Å². The molecule has 0 unspecified atom stereocenters. The summed E-state index contributed by atoms with van der Waals surface area (Å²) in [5, 5.41) is 7.78. The molecule has 2 aromatic rings. The maximum absolute atomic E-state index is 6.04. The lowest BCUT2D eigenvalue weighted by Crippen LogP contribution is -2.31. The zero-order chi connectivity index (χ0) is 16.4. The van der Waals surface area contributed by atoms with Crippen LogP contribution in [-0.2, 0) is 4.74 Å². The maximum atomic E-state index is 6.04. The molecular formula is C19H20ClN3O. The lowest BCUT2D eigenvalue weighted by atomic mass is 9.96. The predicted molar refractivity (Wildman–Crippen MR) is 95.0 cm³/mol. The summed E-state index contributed by atoms with van der Waals surface area (Å²) in [5.74, 6) is 0.408. The second-order valence-electron chi connectivity index (χ2n) is 6.19. The Morgan fingerprint density at radius 3 is 2.67 bits per heavy atom. The van der Waals surface area contributed by atoms with Crippen molar-refractivity contribution >= 4 is 17.7 Å². The van der Waals surface area contributed by atoms with E-state index in [4.69, 9.17) is 26.4 Å². The molecule has 0 saturated carbocycles. The van der Waals surface area contributed by atoms with Crippen molar-refractivity contribution in [3.63, 3.8) is 0 Å². The van der Waals surface area contributed by atoms with Gasteiger partial charge in [-0.05, 0) is 49.9 Å². The molecule has 0 amide bonds. The molecule has 24 heavy (non-hydrogen) atoms. The van der Waals surface area contributed by atoms with E-state index in [9.17, 15) is 0 Å². The second kappa shape index (κ2) is 6.91. The molecule has 2 aliphatic heterocycles. The molecular weight excluding hydrogens is 322 g/mol.